The third-order valence-electron chi connectivity index (χ3n) is 14.5. The van der Waals surface area contributed by atoms with Crippen molar-refractivity contribution in [3.05, 3.63) is 231 Å². The van der Waals surface area contributed by atoms with Gasteiger partial charge in [-0.2, -0.15) is 0 Å². The van der Waals surface area contributed by atoms with Crippen molar-refractivity contribution in [2.75, 3.05) is 13.2 Å². The molecule has 1 N–H and O–H groups in total. The van der Waals surface area contributed by atoms with E-state index in [1.807, 2.05) is 0 Å². The Balaban J connectivity index is 3.63. The van der Waals surface area contributed by atoms with Gasteiger partial charge in [0.1, 0.15) is 6.61 Å². The van der Waals surface area contributed by atoms with E-state index in [-0.39, 0.29) is 25.2 Å². The summed E-state index contributed by atoms with van der Waals surface area (Å²) in [5, 5.41) is 9.71. The molecule has 0 aliphatic heterocycles. The second-order valence-corrected chi connectivity index (χ2v) is 22.8. The Hall–Kier alpha value is -6.04. The van der Waals surface area contributed by atoms with Crippen LogP contribution in [0.1, 0.15) is 271 Å². The molecule has 1 atom stereocenters. The van der Waals surface area contributed by atoms with E-state index in [1.54, 1.807) is 0 Å². The van der Waals surface area contributed by atoms with E-state index in [0.29, 0.717) is 12.8 Å². The first kappa shape index (κ1) is 84.0. The second kappa shape index (κ2) is 77.2. The molecule has 0 amide bonds. The van der Waals surface area contributed by atoms with Gasteiger partial charge in [0, 0.05) is 12.8 Å². The number of carbonyl (C=O) groups excluding carboxylic acids is 2. The Morgan fingerprint density at radius 3 is 0.667 bits per heavy atom. The van der Waals surface area contributed by atoms with E-state index in [4.69, 9.17) is 9.47 Å². The molecule has 5 nitrogen and oxygen atoms in total. The van der Waals surface area contributed by atoms with Crippen LogP contribution in [0.15, 0.2) is 231 Å². The number of unbranched alkanes of at least 4 members (excludes halogenated alkanes) is 17. The van der Waals surface area contributed by atoms with Crippen molar-refractivity contribution in [1.29, 1.82) is 0 Å². The number of esters is 2. The van der Waals surface area contributed by atoms with E-state index in [0.717, 1.165) is 173 Å². The fourth-order valence-corrected chi connectivity index (χ4v) is 9.16. The summed E-state index contributed by atoms with van der Waals surface area (Å²) in [5.74, 6) is -0.625. The molecule has 0 bridgehead atoms. The van der Waals surface area contributed by atoms with E-state index < -0.39 is 6.10 Å². The highest BCUT2D eigenvalue weighted by Gasteiger charge is 2.16. The predicted molar refractivity (Wildman–Crippen MR) is 398 cm³/mol. The topological polar surface area (TPSA) is 72.8 Å². The lowest BCUT2D eigenvalue weighted by Gasteiger charge is -2.15. The van der Waals surface area contributed by atoms with Crippen molar-refractivity contribution in [1.82, 2.24) is 0 Å². The summed E-state index contributed by atoms with van der Waals surface area (Å²) in [6.45, 7) is 3.89. The van der Waals surface area contributed by atoms with Gasteiger partial charge in [-0.1, -0.05) is 328 Å². The molecule has 0 rings (SSSR count). The number of rotatable bonds is 63. The number of carbonyl (C=O) groups is 2. The largest absolute Gasteiger partial charge is 0.462 e. The Morgan fingerprint density at radius 2 is 0.444 bits per heavy atom. The van der Waals surface area contributed by atoms with Crippen LogP contribution in [-0.2, 0) is 19.1 Å². The first-order chi connectivity index (χ1) is 44.6. The van der Waals surface area contributed by atoms with E-state index >= 15 is 0 Å². The zero-order valence-electron chi connectivity index (χ0n) is 57.3. The maximum absolute atomic E-state index is 12.4. The third kappa shape index (κ3) is 74.4. The molecule has 0 aliphatic carbocycles. The minimum atomic E-state index is -0.801. The Labute approximate surface area is 554 Å². The number of hydrogen-bond acceptors (Lipinski definition) is 5. The van der Waals surface area contributed by atoms with Gasteiger partial charge >= 0.3 is 11.9 Å². The summed E-state index contributed by atoms with van der Waals surface area (Å²) < 4.78 is 10.7. The van der Waals surface area contributed by atoms with Crippen LogP contribution in [0.2, 0.25) is 0 Å². The zero-order chi connectivity index (χ0) is 64.7. The first-order valence-electron chi connectivity index (χ1n) is 35.9. The highest BCUT2D eigenvalue weighted by atomic mass is 16.6. The summed E-state index contributed by atoms with van der Waals surface area (Å²) in [5.41, 5.74) is 0. The number of hydrogen-bond donors (Lipinski definition) is 1. The summed E-state index contributed by atoms with van der Waals surface area (Å²) in [6, 6.07) is 0. The normalized spacial score (nSPS) is 13.7. The lowest BCUT2D eigenvalue weighted by atomic mass is 10.0. The maximum Gasteiger partial charge on any atom is 0.306 e. The zero-order valence-corrected chi connectivity index (χ0v) is 57.3. The van der Waals surface area contributed by atoms with Gasteiger partial charge < -0.3 is 14.6 Å². The number of aliphatic hydroxyl groups excluding tert-OH is 1. The molecule has 0 saturated carbocycles. The van der Waals surface area contributed by atoms with Crippen molar-refractivity contribution in [2.45, 2.75) is 277 Å². The lowest BCUT2D eigenvalue weighted by molar-refractivity contribution is -0.161. The van der Waals surface area contributed by atoms with Crippen molar-refractivity contribution in [2.24, 2.45) is 0 Å². The van der Waals surface area contributed by atoms with Crippen LogP contribution in [0, 0.1) is 0 Å². The van der Waals surface area contributed by atoms with Crippen LogP contribution in [0.4, 0.5) is 0 Å². The Kier molecular flexibility index (Phi) is 72.0. The fourth-order valence-electron chi connectivity index (χ4n) is 9.16. The average molecular weight is 1230 g/mol. The molecule has 90 heavy (non-hydrogen) atoms. The van der Waals surface area contributed by atoms with Gasteiger partial charge in [0.2, 0.25) is 0 Å². The minimum absolute atomic E-state index is 0.0878. The van der Waals surface area contributed by atoms with Crippen LogP contribution in [-0.4, -0.2) is 36.4 Å². The highest BCUT2D eigenvalue weighted by Crippen LogP contribution is 2.15. The van der Waals surface area contributed by atoms with Gasteiger partial charge in [-0.05, 0) is 161 Å². The van der Waals surface area contributed by atoms with Crippen LogP contribution >= 0.6 is 0 Å². The van der Waals surface area contributed by atoms with Gasteiger partial charge in [0.05, 0.1) is 6.61 Å². The molecule has 0 aromatic rings. The maximum atomic E-state index is 12.4. The van der Waals surface area contributed by atoms with Gasteiger partial charge in [-0.3, -0.25) is 9.59 Å². The summed E-state index contributed by atoms with van der Waals surface area (Å²) in [4.78, 5) is 24.7. The second-order valence-electron chi connectivity index (χ2n) is 22.8. The van der Waals surface area contributed by atoms with Crippen LogP contribution in [0.3, 0.4) is 0 Å². The molecular weight excluding hydrogens is 1100 g/mol. The Morgan fingerprint density at radius 1 is 0.256 bits per heavy atom. The summed E-state index contributed by atoms with van der Waals surface area (Å²) in [6.07, 6.45) is 126. The molecule has 0 spiro atoms. The quantitative estimate of drug-likeness (QED) is 0.0373. The lowest BCUT2D eigenvalue weighted by Crippen LogP contribution is -2.28. The first-order valence-corrected chi connectivity index (χ1v) is 35.9. The van der Waals surface area contributed by atoms with Crippen LogP contribution in [0.5, 0.6) is 0 Å². The van der Waals surface area contributed by atoms with Gasteiger partial charge in [-0.25, -0.2) is 0 Å². The SMILES string of the molecule is CC/C=C\C/C=C\C/C=C\C/C=C\C/C=C\C/C=C\C/C=C\C/C=C\C/C=C\C/C=C\CCCCCCCCC(=O)OC(CO)COC(=O)CCCCCCCCCCCCC/C=C\C/C=C\C/C=C\C/C=C\C/C=C\C/C=C\C/C=C\C/C=C\C/C=C\CC. The molecule has 0 aliphatic rings. The number of ether oxygens (including phenoxy) is 2. The van der Waals surface area contributed by atoms with E-state index in [9.17, 15) is 14.7 Å². The molecule has 0 aromatic heterocycles. The van der Waals surface area contributed by atoms with Crippen molar-refractivity contribution in [3.63, 3.8) is 0 Å². The highest BCUT2D eigenvalue weighted by molar-refractivity contribution is 5.70. The molecule has 0 fully saturated rings. The molecule has 0 radical (unpaired) electrons. The minimum Gasteiger partial charge on any atom is -0.462 e. The number of aliphatic hydroxyl groups is 1. The molecule has 0 aromatic carbocycles. The monoisotopic (exact) mass is 1230 g/mol. The van der Waals surface area contributed by atoms with Gasteiger partial charge in [0.25, 0.3) is 0 Å². The van der Waals surface area contributed by atoms with Gasteiger partial charge in [0.15, 0.2) is 6.10 Å². The van der Waals surface area contributed by atoms with Crippen LogP contribution < -0.4 is 0 Å². The van der Waals surface area contributed by atoms with Crippen molar-refractivity contribution in [3.8, 4) is 0 Å². The average Bonchev–Trinajstić information content (AvgIpc) is 3.62. The van der Waals surface area contributed by atoms with Gasteiger partial charge in [-0.15, -0.1) is 0 Å². The summed E-state index contributed by atoms with van der Waals surface area (Å²) >= 11 is 0. The molecule has 500 valence electrons. The molecule has 1 unspecified atom stereocenters. The smallest absolute Gasteiger partial charge is 0.306 e. The van der Waals surface area contributed by atoms with Crippen LogP contribution in [0.25, 0.3) is 0 Å². The van der Waals surface area contributed by atoms with Crippen molar-refractivity contribution < 1.29 is 24.2 Å². The number of allylic oxidation sites excluding steroid dienone is 38. The van der Waals surface area contributed by atoms with E-state index in [1.165, 1.54) is 70.6 Å². The van der Waals surface area contributed by atoms with Crippen molar-refractivity contribution >= 4 is 11.9 Å². The molecule has 0 heterocycles. The molecular formula is C85H130O5. The molecule has 5 heteroatoms. The standard InChI is InChI=1S/C85H130O5/c1-3-5-7-9-11-13-15-17-19-21-23-25-27-29-31-33-35-37-39-41-42-44-45-47-49-51-53-55-57-59-61-63-65-67-69-71-73-75-77-79-84(87)89-82-83(81-86)90-85(88)80-78-76-74-72-70-68-66-64-62-60-58-56-54-52-50-48-46-43-40-38-36-34-32-30-28-26-24-22-20-18-16-14-12-10-8-6-4-2/h5-8,11-14,17-20,23-26,29-32,35-38,41-43,45-47,50-53,56,58,62,64,83,86H,3-4,9-10,15-16,21-22,27-28,33-34,39-40,44,48-49,54-55,57,59-61,63,65-82H2,1-2H3/b7-5-,8-6-,13-11-,14-12-,19-17-,20-18-,25-23-,26-24-,31-29-,32-30-,37-35-,38-36-,42-41-,46-43-,47-45-,52-50-,53-51-,58-56-,64-62-. The molecule has 0 saturated heterocycles. The third-order valence-corrected chi connectivity index (χ3v) is 14.5. The fraction of sp³-hybridized carbons (Fsp3) is 0.529. The predicted octanol–water partition coefficient (Wildman–Crippen LogP) is 25.6. The Bertz CT molecular complexity index is 2180. The summed E-state index contributed by atoms with van der Waals surface area (Å²) in [7, 11) is 0. The van der Waals surface area contributed by atoms with E-state index in [2.05, 4.69) is 245 Å².